The lowest BCUT2D eigenvalue weighted by atomic mass is 10.1. The molecule has 16 heavy (non-hydrogen) atoms. The first-order valence-electron chi connectivity index (χ1n) is 4.21. The van der Waals surface area contributed by atoms with E-state index in [1.807, 2.05) is 0 Å². The Kier molecular flexibility index (Phi) is 3.93. The molecule has 0 bridgehead atoms. The van der Waals surface area contributed by atoms with Gasteiger partial charge in [-0.25, -0.2) is 0 Å². The summed E-state index contributed by atoms with van der Waals surface area (Å²) in [6.07, 6.45) is 0.518. The minimum absolute atomic E-state index is 0.198. The van der Waals surface area contributed by atoms with Gasteiger partial charge in [0, 0.05) is 11.3 Å². The number of hydrogen-bond acceptors (Lipinski definition) is 5. The molecular formula is C9H9FO4S2. The molecule has 0 heterocycles. The Bertz CT molecular complexity index is 510. The van der Waals surface area contributed by atoms with Gasteiger partial charge in [-0.2, -0.15) is 21.0 Å². The first-order valence-corrected chi connectivity index (χ1v) is 6.15. The van der Waals surface area contributed by atoms with Crippen LogP contribution in [0.2, 0.25) is 0 Å². The predicted octanol–water partition coefficient (Wildman–Crippen LogP) is 1.83. The van der Waals surface area contributed by atoms with Crippen LogP contribution in [0.5, 0.6) is 5.75 Å². The van der Waals surface area contributed by atoms with Gasteiger partial charge in [-0.15, -0.1) is 0 Å². The summed E-state index contributed by atoms with van der Waals surface area (Å²) in [5, 5.41) is 0. The van der Waals surface area contributed by atoms with Crippen molar-refractivity contribution < 1.29 is 21.3 Å². The second kappa shape index (κ2) is 4.84. The van der Waals surface area contributed by atoms with Crippen LogP contribution >= 0.6 is 12.6 Å². The lowest BCUT2D eigenvalue weighted by Crippen LogP contribution is -2.04. The molecule has 0 N–H and O–H groups in total. The second-order valence-electron chi connectivity index (χ2n) is 3.06. The Morgan fingerprint density at radius 1 is 1.50 bits per heavy atom. The van der Waals surface area contributed by atoms with E-state index in [1.54, 1.807) is 6.92 Å². The van der Waals surface area contributed by atoms with Crippen molar-refractivity contribution in [3.63, 3.8) is 0 Å². The molecule has 0 saturated heterocycles. The van der Waals surface area contributed by atoms with Crippen molar-refractivity contribution in [2.45, 2.75) is 12.7 Å². The maximum absolute atomic E-state index is 12.4. The fourth-order valence-corrected chi connectivity index (χ4v) is 1.91. The molecule has 0 aromatic heterocycles. The SMILES string of the molecule is Cc1c(CS)cc(C=O)cc1OS(=O)(=O)F. The standard InChI is InChI=1S/C9H9FO4S2/c1-6-8(5-15)2-7(4-11)3-9(6)14-16(10,12)13/h2-4,15H,5H2,1H3. The molecule has 4 nitrogen and oxygen atoms in total. The van der Waals surface area contributed by atoms with Crippen molar-refractivity contribution in [2.75, 3.05) is 0 Å². The van der Waals surface area contributed by atoms with E-state index in [4.69, 9.17) is 0 Å². The highest BCUT2D eigenvalue weighted by molar-refractivity contribution is 7.81. The van der Waals surface area contributed by atoms with E-state index < -0.39 is 10.5 Å². The molecule has 0 amide bonds. The number of hydrogen-bond donors (Lipinski definition) is 1. The fourth-order valence-electron chi connectivity index (χ4n) is 1.20. The largest absolute Gasteiger partial charge is 0.488 e. The summed E-state index contributed by atoms with van der Waals surface area (Å²) in [7, 11) is -5.09. The van der Waals surface area contributed by atoms with E-state index in [-0.39, 0.29) is 17.1 Å². The highest BCUT2D eigenvalue weighted by Crippen LogP contribution is 2.26. The molecular weight excluding hydrogens is 255 g/mol. The molecule has 0 aliphatic heterocycles. The maximum Gasteiger partial charge on any atom is 0.488 e. The molecule has 0 atom stereocenters. The molecule has 0 spiro atoms. The van der Waals surface area contributed by atoms with Gasteiger partial charge in [0.15, 0.2) is 0 Å². The van der Waals surface area contributed by atoms with Gasteiger partial charge in [0.25, 0.3) is 0 Å². The van der Waals surface area contributed by atoms with Gasteiger partial charge in [-0.1, -0.05) is 3.89 Å². The Morgan fingerprint density at radius 3 is 2.56 bits per heavy atom. The molecule has 0 fully saturated rings. The maximum atomic E-state index is 12.4. The summed E-state index contributed by atoms with van der Waals surface area (Å²) in [5.74, 6) is 0.0899. The van der Waals surface area contributed by atoms with Crippen LogP contribution in [-0.2, 0) is 16.3 Å². The zero-order valence-corrected chi connectivity index (χ0v) is 10.0. The third-order valence-electron chi connectivity index (χ3n) is 1.99. The minimum atomic E-state index is -5.09. The number of thiol groups is 1. The van der Waals surface area contributed by atoms with E-state index in [9.17, 15) is 17.1 Å². The number of halogens is 1. The topological polar surface area (TPSA) is 60.4 Å². The Hall–Kier alpha value is -1.08. The lowest BCUT2D eigenvalue weighted by Gasteiger charge is -2.09. The van der Waals surface area contributed by atoms with Gasteiger partial charge in [-0.3, -0.25) is 4.79 Å². The van der Waals surface area contributed by atoms with E-state index in [0.717, 1.165) is 6.07 Å². The van der Waals surface area contributed by atoms with Crippen LogP contribution in [-0.4, -0.2) is 14.7 Å². The average molecular weight is 264 g/mol. The summed E-state index contributed by atoms with van der Waals surface area (Å²) >= 11 is 4.01. The predicted molar refractivity (Wildman–Crippen MR) is 59.9 cm³/mol. The molecule has 7 heteroatoms. The summed E-state index contributed by atoms with van der Waals surface area (Å²) in [6.45, 7) is 1.56. The quantitative estimate of drug-likeness (QED) is 0.512. The Labute approximate surface area is 98.3 Å². The van der Waals surface area contributed by atoms with E-state index in [0.29, 0.717) is 17.4 Å². The van der Waals surface area contributed by atoms with E-state index in [1.165, 1.54) is 6.07 Å². The van der Waals surface area contributed by atoms with Gasteiger partial charge < -0.3 is 4.18 Å². The van der Waals surface area contributed by atoms with Crippen molar-refractivity contribution >= 4 is 29.4 Å². The third-order valence-corrected chi connectivity index (χ3v) is 2.70. The van der Waals surface area contributed by atoms with E-state index in [2.05, 4.69) is 16.8 Å². The van der Waals surface area contributed by atoms with Gasteiger partial charge in [0.2, 0.25) is 0 Å². The first kappa shape index (κ1) is 13.0. The number of carbonyl (C=O) groups is 1. The first-order chi connectivity index (χ1) is 7.37. The van der Waals surface area contributed by atoms with Gasteiger partial charge in [0.05, 0.1) is 0 Å². The molecule has 0 saturated carbocycles. The highest BCUT2D eigenvalue weighted by Gasteiger charge is 2.14. The number of carbonyl (C=O) groups excluding carboxylic acids is 1. The lowest BCUT2D eigenvalue weighted by molar-refractivity contribution is 0.112. The summed E-state index contributed by atoms with van der Waals surface area (Å²) < 4.78 is 37.2. The zero-order valence-electron chi connectivity index (χ0n) is 8.31. The third kappa shape index (κ3) is 3.21. The minimum Gasteiger partial charge on any atom is -0.358 e. The number of benzene rings is 1. The van der Waals surface area contributed by atoms with Crippen LogP contribution < -0.4 is 4.18 Å². The molecule has 1 aromatic carbocycles. The van der Waals surface area contributed by atoms with Crippen molar-refractivity contribution in [2.24, 2.45) is 0 Å². The van der Waals surface area contributed by atoms with Crippen molar-refractivity contribution in [3.8, 4) is 5.75 Å². The molecule has 0 unspecified atom stereocenters. The summed E-state index contributed by atoms with van der Waals surface area (Å²) in [5.41, 5.74) is 1.24. The molecule has 0 aliphatic rings. The average Bonchev–Trinajstić information content (AvgIpc) is 2.19. The number of aldehydes is 1. The van der Waals surface area contributed by atoms with Crippen LogP contribution in [0, 0.1) is 6.92 Å². The molecule has 1 aromatic rings. The van der Waals surface area contributed by atoms with Crippen molar-refractivity contribution in [1.29, 1.82) is 0 Å². The molecule has 1 rings (SSSR count). The Morgan fingerprint density at radius 2 is 2.12 bits per heavy atom. The van der Waals surface area contributed by atoms with Crippen LogP contribution in [0.25, 0.3) is 0 Å². The molecule has 88 valence electrons. The highest BCUT2D eigenvalue weighted by atomic mass is 32.3. The number of rotatable bonds is 4. The van der Waals surface area contributed by atoms with Crippen LogP contribution in [0.15, 0.2) is 12.1 Å². The van der Waals surface area contributed by atoms with Crippen LogP contribution in [0.4, 0.5) is 3.89 Å². The second-order valence-corrected chi connectivity index (χ2v) is 4.32. The van der Waals surface area contributed by atoms with E-state index >= 15 is 0 Å². The van der Waals surface area contributed by atoms with Crippen LogP contribution in [0.3, 0.4) is 0 Å². The Balaban J connectivity index is 3.31. The van der Waals surface area contributed by atoms with Crippen molar-refractivity contribution in [3.05, 3.63) is 28.8 Å². The normalized spacial score (nSPS) is 11.2. The smallest absolute Gasteiger partial charge is 0.358 e. The summed E-state index contributed by atoms with van der Waals surface area (Å²) in [6, 6.07) is 2.69. The zero-order chi connectivity index (χ0) is 12.3. The van der Waals surface area contributed by atoms with Crippen LogP contribution in [0.1, 0.15) is 21.5 Å². The van der Waals surface area contributed by atoms with Gasteiger partial charge >= 0.3 is 10.5 Å². The fraction of sp³-hybridized carbons (Fsp3) is 0.222. The van der Waals surface area contributed by atoms with Gasteiger partial charge in [0.1, 0.15) is 12.0 Å². The van der Waals surface area contributed by atoms with Crippen molar-refractivity contribution in [1.82, 2.24) is 0 Å². The van der Waals surface area contributed by atoms with Gasteiger partial charge in [-0.05, 0) is 30.2 Å². The molecule has 0 radical (unpaired) electrons. The monoisotopic (exact) mass is 264 g/mol. The summed E-state index contributed by atoms with van der Waals surface area (Å²) in [4.78, 5) is 10.6. The molecule has 0 aliphatic carbocycles.